The highest BCUT2D eigenvalue weighted by atomic mass is 32.2. The van der Waals surface area contributed by atoms with Gasteiger partial charge in [0.25, 0.3) is 0 Å². The molecule has 2 rings (SSSR count). The molecule has 1 aromatic heterocycles. The Morgan fingerprint density at radius 1 is 1.35 bits per heavy atom. The lowest BCUT2D eigenvalue weighted by atomic mass is 10.0. The van der Waals surface area contributed by atoms with Crippen molar-refractivity contribution in [2.45, 2.75) is 18.9 Å². The van der Waals surface area contributed by atoms with Crippen LogP contribution in [-0.4, -0.2) is 42.5 Å². The average molecular weight is 256 g/mol. The molecule has 7 heteroatoms. The van der Waals surface area contributed by atoms with Crippen molar-refractivity contribution in [2.75, 3.05) is 29.2 Å². The Balaban J connectivity index is 2.15. The fourth-order valence-electron chi connectivity index (χ4n) is 1.96. The van der Waals surface area contributed by atoms with Gasteiger partial charge >= 0.3 is 0 Å². The maximum absolute atomic E-state index is 11.5. The lowest BCUT2D eigenvalue weighted by molar-refractivity contribution is 0.571. The Morgan fingerprint density at radius 2 is 2.06 bits per heavy atom. The van der Waals surface area contributed by atoms with Gasteiger partial charge in [-0.3, -0.25) is 4.98 Å². The van der Waals surface area contributed by atoms with E-state index in [0.29, 0.717) is 18.1 Å². The fraction of sp³-hybridized carbons (Fsp3) is 0.600. The summed E-state index contributed by atoms with van der Waals surface area (Å²) in [5, 5.41) is 6.04. The number of hydrogen-bond donors (Lipinski definition) is 2. The first-order chi connectivity index (χ1) is 7.92. The normalized spacial score (nSPS) is 26.7. The van der Waals surface area contributed by atoms with Crippen LogP contribution in [0.2, 0.25) is 0 Å². The van der Waals surface area contributed by atoms with Crippen molar-refractivity contribution in [3.63, 3.8) is 0 Å². The maximum atomic E-state index is 11.5. The molecular formula is C10H16N4O2S. The number of aromatic nitrogens is 2. The molecule has 1 aliphatic heterocycles. The summed E-state index contributed by atoms with van der Waals surface area (Å²) in [4.78, 5) is 8.30. The summed E-state index contributed by atoms with van der Waals surface area (Å²) < 4.78 is 22.9. The van der Waals surface area contributed by atoms with E-state index in [1.165, 1.54) is 0 Å². The minimum absolute atomic E-state index is 0.144. The van der Waals surface area contributed by atoms with Gasteiger partial charge in [0, 0.05) is 7.05 Å². The van der Waals surface area contributed by atoms with E-state index < -0.39 is 15.4 Å². The second-order valence-electron chi connectivity index (χ2n) is 4.57. The smallest absolute Gasteiger partial charge is 0.152 e. The Labute approximate surface area is 101 Å². The molecule has 2 N–H and O–H groups in total. The quantitative estimate of drug-likeness (QED) is 0.819. The minimum Gasteiger partial charge on any atom is -0.372 e. The first kappa shape index (κ1) is 12.1. The number of hydrogen-bond acceptors (Lipinski definition) is 6. The van der Waals surface area contributed by atoms with Crippen LogP contribution in [0.15, 0.2) is 12.4 Å². The molecule has 6 nitrogen and oxygen atoms in total. The molecule has 0 aliphatic carbocycles. The third kappa shape index (κ3) is 2.85. The van der Waals surface area contributed by atoms with Crippen LogP contribution in [0.4, 0.5) is 11.6 Å². The standard InChI is InChI=1S/C10H16N4O2S/c1-10(3-4-17(15,16)7-10)14-9-6-12-5-8(11-2)13-9/h5-6H,3-4,7H2,1-2H3,(H2,11,13,14). The molecule has 0 spiro atoms. The van der Waals surface area contributed by atoms with Crippen molar-refractivity contribution in [3.05, 3.63) is 12.4 Å². The number of rotatable bonds is 3. The van der Waals surface area contributed by atoms with Gasteiger partial charge in [0.05, 0.1) is 29.4 Å². The third-order valence-electron chi connectivity index (χ3n) is 2.82. The predicted molar refractivity (Wildman–Crippen MR) is 66.9 cm³/mol. The van der Waals surface area contributed by atoms with Crippen molar-refractivity contribution in [1.82, 2.24) is 9.97 Å². The minimum atomic E-state index is -2.92. The van der Waals surface area contributed by atoms with Gasteiger partial charge in [0.2, 0.25) is 0 Å². The van der Waals surface area contributed by atoms with Gasteiger partial charge in [-0.05, 0) is 13.3 Å². The van der Waals surface area contributed by atoms with Crippen LogP contribution in [-0.2, 0) is 9.84 Å². The molecule has 0 bridgehead atoms. The van der Waals surface area contributed by atoms with Crippen LogP contribution in [0.25, 0.3) is 0 Å². The lowest BCUT2D eigenvalue weighted by Crippen LogP contribution is -2.36. The molecule has 0 radical (unpaired) electrons. The third-order valence-corrected chi connectivity index (χ3v) is 4.73. The van der Waals surface area contributed by atoms with E-state index in [-0.39, 0.29) is 11.5 Å². The summed E-state index contributed by atoms with van der Waals surface area (Å²) >= 11 is 0. The van der Waals surface area contributed by atoms with Gasteiger partial charge in [-0.1, -0.05) is 0 Å². The number of nitrogens with one attached hydrogen (secondary N) is 2. The van der Waals surface area contributed by atoms with Crippen molar-refractivity contribution in [3.8, 4) is 0 Å². The second kappa shape index (κ2) is 4.14. The van der Waals surface area contributed by atoms with Crippen molar-refractivity contribution < 1.29 is 8.42 Å². The van der Waals surface area contributed by atoms with E-state index in [9.17, 15) is 8.42 Å². The van der Waals surface area contributed by atoms with E-state index >= 15 is 0 Å². The van der Waals surface area contributed by atoms with Crippen LogP contribution in [0.1, 0.15) is 13.3 Å². The van der Waals surface area contributed by atoms with E-state index in [0.717, 1.165) is 0 Å². The Hall–Kier alpha value is -1.37. The molecule has 94 valence electrons. The van der Waals surface area contributed by atoms with Crippen LogP contribution in [0.5, 0.6) is 0 Å². The zero-order valence-electron chi connectivity index (χ0n) is 9.90. The van der Waals surface area contributed by atoms with Gasteiger partial charge in [0.1, 0.15) is 11.6 Å². The fourth-order valence-corrected chi connectivity index (χ4v) is 4.06. The molecular weight excluding hydrogens is 240 g/mol. The van der Waals surface area contributed by atoms with Gasteiger partial charge in [0.15, 0.2) is 9.84 Å². The molecule has 1 atom stereocenters. The lowest BCUT2D eigenvalue weighted by Gasteiger charge is -2.24. The number of anilines is 2. The molecule has 1 fully saturated rings. The molecule has 0 saturated carbocycles. The summed E-state index contributed by atoms with van der Waals surface area (Å²) in [5.41, 5.74) is -0.445. The van der Waals surface area contributed by atoms with Crippen LogP contribution >= 0.6 is 0 Å². The van der Waals surface area contributed by atoms with Crippen molar-refractivity contribution in [1.29, 1.82) is 0 Å². The van der Waals surface area contributed by atoms with Crippen LogP contribution in [0.3, 0.4) is 0 Å². The van der Waals surface area contributed by atoms with Gasteiger partial charge in [-0.25, -0.2) is 13.4 Å². The Bertz CT molecular complexity index is 517. The zero-order chi connectivity index (χ0) is 12.5. The highest BCUT2D eigenvalue weighted by Crippen LogP contribution is 2.26. The van der Waals surface area contributed by atoms with E-state index in [4.69, 9.17) is 0 Å². The summed E-state index contributed by atoms with van der Waals surface area (Å²) in [6, 6.07) is 0. The second-order valence-corrected chi connectivity index (χ2v) is 6.75. The first-order valence-corrected chi connectivity index (χ1v) is 7.23. The van der Waals surface area contributed by atoms with E-state index in [1.54, 1.807) is 19.4 Å². The Morgan fingerprint density at radius 3 is 2.65 bits per heavy atom. The molecule has 1 aliphatic rings. The highest BCUT2D eigenvalue weighted by molar-refractivity contribution is 7.91. The van der Waals surface area contributed by atoms with Crippen LogP contribution < -0.4 is 10.6 Å². The molecule has 0 amide bonds. The molecule has 1 saturated heterocycles. The highest BCUT2D eigenvalue weighted by Gasteiger charge is 2.38. The topological polar surface area (TPSA) is 84.0 Å². The summed E-state index contributed by atoms with van der Waals surface area (Å²) in [6.45, 7) is 1.89. The monoisotopic (exact) mass is 256 g/mol. The molecule has 2 heterocycles. The molecule has 1 aromatic rings. The number of nitrogens with zero attached hydrogens (tertiary/aromatic N) is 2. The molecule has 17 heavy (non-hydrogen) atoms. The maximum Gasteiger partial charge on any atom is 0.152 e. The van der Waals surface area contributed by atoms with E-state index in [1.807, 2.05) is 6.92 Å². The van der Waals surface area contributed by atoms with Gasteiger partial charge in [-0.2, -0.15) is 0 Å². The van der Waals surface area contributed by atoms with Gasteiger partial charge < -0.3 is 10.6 Å². The van der Waals surface area contributed by atoms with Crippen LogP contribution in [0, 0.1) is 0 Å². The van der Waals surface area contributed by atoms with Crippen molar-refractivity contribution >= 4 is 21.5 Å². The summed E-state index contributed by atoms with van der Waals surface area (Å²) in [7, 11) is -1.16. The summed E-state index contributed by atoms with van der Waals surface area (Å²) in [5.74, 6) is 1.62. The SMILES string of the molecule is CNc1cncc(NC2(C)CCS(=O)(=O)C2)n1. The predicted octanol–water partition coefficient (Wildman–Crippen LogP) is 0.507. The number of sulfone groups is 1. The van der Waals surface area contributed by atoms with Gasteiger partial charge in [-0.15, -0.1) is 0 Å². The largest absolute Gasteiger partial charge is 0.372 e. The molecule has 1 unspecified atom stereocenters. The Kier molecular flexibility index (Phi) is 2.94. The molecule has 0 aromatic carbocycles. The average Bonchev–Trinajstić information content (AvgIpc) is 2.53. The van der Waals surface area contributed by atoms with Crippen molar-refractivity contribution in [2.24, 2.45) is 0 Å². The summed E-state index contributed by atoms with van der Waals surface area (Å²) in [6.07, 6.45) is 3.80. The first-order valence-electron chi connectivity index (χ1n) is 5.41. The van der Waals surface area contributed by atoms with E-state index in [2.05, 4.69) is 20.6 Å². The zero-order valence-corrected chi connectivity index (χ0v) is 10.7.